The third kappa shape index (κ3) is 7.12. The lowest BCUT2D eigenvalue weighted by atomic mass is 9.87. The number of rotatable bonds is 12. The average Bonchev–Trinajstić information content (AvgIpc) is 3.58. The minimum absolute atomic E-state index is 0.0502. The van der Waals surface area contributed by atoms with Crippen LogP contribution in [-0.2, 0) is 17.7 Å². The van der Waals surface area contributed by atoms with Crippen molar-refractivity contribution in [1.82, 2.24) is 24.7 Å². The topological polar surface area (TPSA) is 83.2 Å². The first-order chi connectivity index (χ1) is 22.6. The largest absolute Gasteiger partial charge is 0.493 e. The minimum Gasteiger partial charge on any atom is -0.493 e. The Kier molecular flexibility index (Phi) is 10.3. The van der Waals surface area contributed by atoms with Crippen molar-refractivity contribution in [2.45, 2.75) is 32.9 Å². The molecule has 9 heteroatoms. The summed E-state index contributed by atoms with van der Waals surface area (Å²) >= 11 is 0. The second kappa shape index (κ2) is 14.9. The molecule has 1 aromatic heterocycles. The van der Waals surface area contributed by atoms with E-state index in [1.807, 2.05) is 55.3 Å². The standard InChI is InChI=1S/C37H45N5O4/c1-4-41(5-2)37(43)29-13-11-27(12-14-29)35-32-24-34(46-22-19-40-17-20-45-21-18-40)33(44-3)23-30(32)15-16-42(35)26-31-25-38-36(39-31)28-9-7-6-8-10-28/h6-14,23-25,35H,4-5,15-22,26H2,1-3H3,(H,38,39). The van der Waals surface area contributed by atoms with Gasteiger partial charge in [-0.3, -0.25) is 14.6 Å². The van der Waals surface area contributed by atoms with Gasteiger partial charge in [-0.25, -0.2) is 4.98 Å². The zero-order chi connectivity index (χ0) is 31.9. The van der Waals surface area contributed by atoms with Gasteiger partial charge >= 0.3 is 0 Å². The van der Waals surface area contributed by atoms with E-state index in [-0.39, 0.29) is 11.9 Å². The smallest absolute Gasteiger partial charge is 0.253 e. The molecule has 1 N–H and O–H groups in total. The molecule has 0 aliphatic carbocycles. The second-order valence-corrected chi connectivity index (χ2v) is 11.8. The molecule has 2 aliphatic heterocycles. The van der Waals surface area contributed by atoms with Gasteiger partial charge in [-0.1, -0.05) is 42.5 Å². The van der Waals surface area contributed by atoms with Crippen LogP contribution in [0.1, 0.15) is 52.6 Å². The fraction of sp³-hybridized carbons (Fsp3) is 0.405. The highest BCUT2D eigenvalue weighted by molar-refractivity contribution is 5.94. The van der Waals surface area contributed by atoms with Gasteiger partial charge in [0.15, 0.2) is 11.5 Å². The third-order valence-electron chi connectivity index (χ3n) is 9.09. The van der Waals surface area contributed by atoms with Crippen molar-refractivity contribution in [2.24, 2.45) is 0 Å². The molecule has 6 rings (SSSR count). The molecule has 0 saturated carbocycles. The lowest BCUT2D eigenvalue weighted by Crippen LogP contribution is -2.38. The van der Waals surface area contributed by atoms with Crippen LogP contribution in [0.15, 0.2) is 72.9 Å². The van der Waals surface area contributed by atoms with Crippen LogP contribution >= 0.6 is 0 Å². The Bertz CT molecular complexity index is 1580. The number of fused-ring (bicyclic) bond motifs is 1. The van der Waals surface area contributed by atoms with Crippen molar-refractivity contribution in [3.8, 4) is 22.9 Å². The van der Waals surface area contributed by atoms with Gasteiger partial charge in [0.25, 0.3) is 5.91 Å². The molecule has 4 aromatic rings. The number of aromatic nitrogens is 2. The maximum Gasteiger partial charge on any atom is 0.253 e. The minimum atomic E-state index is -0.0502. The molecular weight excluding hydrogens is 578 g/mol. The van der Waals surface area contributed by atoms with Crippen molar-refractivity contribution in [2.75, 3.05) is 66.2 Å². The van der Waals surface area contributed by atoms with Crippen LogP contribution in [0.3, 0.4) is 0 Å². The number of hydrogen-bond acceptors (Lipinski definition) is 7. The van der Waals surface area contributed by atoms with Crippen molar-refractivity contribution in [1.29, 1.82) is 0 Å². The van der Waals surface area contributed by atoms with Crippen LogP contribution in [0.25, 0.3) is 11.4 Å². The summed E-state index contributed by atoms with van der Waals surface area (Å²) in [5.41, 5.74) is 6.31. The van der Waals surface area contributed by atoms with Gasteiger partial charge in [0.05, 0.1) is 32.1 Å². The Morgan fingerprint density at radius 1 is 1.00 bits per heavy atom. The number of benzene rings is 3. The average molecular weight is 624 g/mol. The number of nitrogens with one attached hydrogen (secondary N) is 1. The van der Waals surface area contributed by atoms with Crippen LogP contribution in [0.5, 0.6) is 11.5 Å². The molecule has 1 saturated heterocycles. The Morgan fingerprint density at radius 2 is 1.76 bits per heavy atom. The van der Waals surface area contributed by atoms with E-state index in [4.69, 9.17) is 19.2 Å². The number of aromatic amines is 1. The second-order valence-electron chi connectivity index (χ2n) is 11.8. The van der Waals surface area contributed by atoms with Crippen molar-refractivity contribution in [3.63, 3.8) is 0 Å². The predicted molar refractivity (Wildman–Crippen MR) is 179 cm³/mol. The highest BCUT2D eigenvalue weighted by atomic mass is 16.5. The number of ether oxygens (including phenoxy) is 3. The normalized spacial score (nSPS) is 17.0. The van der Waals surface area contributed by atoms with E-state index < -0.39 is 0 Å². The molecule has 1 atom stereocenters. The number of amides is 1. The highest BCUT2D eigenvalue weighted by Gasteiger charge is 2.31. The van der Waals surface area contributed by atoms with Gasteiger partial charge < -0.3 is 24.1 Å². The molecule has 242 valence electrons. The number of methoxy groups -OCH3 is 1. The molecule has 0 bridgehead atoms. The SMILES string of the molecule is CCN(CC)C(=O)c1ccc(C2c3cc(OCCN4CCOCC4)c(OC)cc3CCN2Cc2c[nH]c(-c3ccccc3)n2)cc1. The van der Waals surface area contributed by atoms with Crippen LogP contribution in [0.2, 0.25) is 0 Å². The quantitative estimate of drug-likeness (QED) is 0.226. The van der Waals surface area contributed by atoms with Gasteiger partial charge in [-0.15, -0.1) is 0 Å². The number of nitrogens with zero attached hydrogens (tertiary/aromatic N) is 4. The summed E-state index contributed by atoms with van der Waals surface area (Å²) in [7, 11) is 1.71. The van der Waals surface area contributed by atoms with Crippen molar-refractivity contribution in [3.05, 3.63) is 101 Å². The summed E-state index contributed by atoms with van der Waals surface area (Å²) in [6.45, 7) is 11.7. The van der Waals surface area contributed by atoms with E-state index in [9.17, 15) is 4.79 Å². The van der Waals surface area contributed by atoms with Crippen molar-refractivity contribution < 1.29 is 19.0 Å². The first kappa shape index (κ1) is 31.8. The first-order valence-electron chi connectivity index (χ1n) is 16.4. The summed E-state index contributed by atoms with van der Waals surface area (Å²) in [5, 5.41) is 0. The molecule has 3 aromatic carbocycles. The van der Waals surface area contributed by atoms with E-state index in [2.05, 4.69) is 51.2 Å². The number of imidazole rings is 1. The Labute approximate surface area is 272 Å². The molecule has 3 heterocycles. The summed E-state index contributed by atoms with van der Waals surface area (Å²) in [4.78, 5) is 28.1. The number of carbonyl (C=O) groups is 1. The van der Waals surface area contributed by atoms with Crippen molar-refractivity contribution >= 4 is 5.91 Å². The van der Waals surface area contributed by atoms with E-state index in [1.165, 1.54) is 11.1 Å². The molecule has 1 unspecified atom stereocenters. The Balaban J connectivity index is 1.31. The monoisotopic (exact) mass is 623 g/mol. The summed E-state index contributed by atoms with van der Waals surface area (Å²) < 4.78 is 17.7. The maximum atomic E-state index is 13.1. The highest BCUT2D eigenvalue weighted by Crippen LogP contribution is 2.42. The van der Waals surface area contributed by atoms with Crippen LogP contribution in [0, 0.1) is 0 Å². The summed E-state index contributed by atoms with van der Waals surface area (Å²) in [5.74, 6) is 2.43. The zero-order valence-corrected chi connectivity index (χ0v) is 27.2. The van der Waals surface area contributed by atoms with E-state index in [0.717, 1.165) is 80.0 Å². The number of hydrogen-bond donors (Lipinski definition) is 1. The molecule has 46 heavy (non-hydrogen) atoms. The summed E-state index contributed by atoms with van der Waals surface area (Å²) in [6.07, 6.45) is 2.89. The Hall–Kier alpha value is -4.18. The zero-order valence-electron chi connectivity index (χ0n) is 27.2. The van der Waals surface area contributed by atoms with E-state index in [1.54, 1.807) is 7.11 Å². The predicted octanol–water partition coefficient (Wildman–Crippen LogP) is 5.43. The number of H-pyrrole nitrogens is 1. The van der Waals surface area contributed by atoms with Gasteiger partial charge in [0.2, 0.25) is 0 Å². The number of morpholine rings is 1. The third-order valence-corrected chi connectivity index (χ3v) is 9.09. The van der Waals surface area contributed by atoms with E-state index >= 15 is 0 Å². The molecular formula is C37H45N5O4. The Morgan fingerprint density at radius 3 is 2.48 bits per heavy atom. The van der Waals surface area contributed by atoms with Gasteiger partial charge in [0.1, 0.15) is 12.4 Å². The number of carbonyl (C=O) groups excluding carboxylic acids is 1. The van der Waals surface area contributed by atoms with Crippen LogP contribution in [-0.4, -0.2) is 96.8 Å². The first-order valence-corrected chi connectivity index (χ1v) is 16.4. The molecule has 2 aliphatic rings. The molecule has 1 fully saturated rings. The lowest BCUT2D eigenvalue weighted by Gasteiger charge is -2.38. The molecule has 9 nitrogen and oxygen atoms in total. The lowest BCUT2D eigenvalue weighted by molar-refractivity contribution is 0.0321. The molecule has 0 radical (unpaired) electrons. The van der Waals surface area contributed by atoms with Crippen LogP contribution in [0.4, 0.5) is 0 Å². The fourth-order valence-electron chi connectivity index (χ4n) is 6.52. The van der Waals surface area contributed by atoms with Gasteiger partial charge in [-0.05, 0) is 61.2 Å². The fourth-order valence-corrected chi connectivity index (χ4v) is 6.52. The molecule has 1 amide bonds. The van der Waals surface area contributed by atoms with Crippen LogP contribution < -0.4 is 9.47 Å². The molecule has 0 spiro atoms. The maximum absolute atomic E-state index is 13.1. The summed E-state index contributed by atoms with van der Waals surface area (Å²) in [6, 6.07) is 22.6. The van der Waals surface area contributed by atoms with E-state index in [0.29, 0.717) is 31.8 Å². The van der Waals surface area contributed by atoms with Gasteiger partial charge in [-0.2, -0.15) is 0 Å². The van der Waals surface area contributed by atoms with Gasteiger partial charge in [0, 0.05) is 63.1 Å².